The van der Waals surface area contributed by atoms with Gasteiger partial charge < -0.3 is 10.2 Å². The van der Waals surface area contributed by atoms with Crippen LogP contribution in [0, 0.1) is 0 Å². The number of carbonyl (C=O) groups is 1. The molecule has 0 aliphatic carbocycles. The van der Waals surface area contributed by atoms with Crippen LogP contribution in [0.4, 0.5) is 11.4 Å². The normalized spacial score (nSPS) is 12.1. The van der Waals surface area contributed by atoms with E-state index in [2.05, 4.69) is 58.9 Å². The third kappa shape index (κ3) is 5.13. The molecule has 29 heavy (non-hydrogen) atoms. The number of hydrogen-bond donors (Lipinski definition) is 2. The molecule has 0 fully saturated rings. The number of fused-ring (bicyclic) bond motifs is 1. The Hall–Kier alpha value is -3.34. The highest BCUT2D eigenvalue weighted by Gasteiger charge is 2.13. The van der Waals surface area contributed by atoms with Crippen LogP contribution in [0.15, 0.2) is 71.8 Å². The molecular weight excluding hydrogens is 360 g/mol. The zero-order valence-corrected chi connectivity index (χ0v) is 17.2. The predicted molar refractivity (Wildman–Crippen MR) is 123 cm³/mol. The lowest BCUT2D eigenvalue weighted by Crippen LogP contribution is -2.34. The molecule has 0 saturated heterocycles. The second kappa shape index (κ2) is 9.73. The predicted octanol–water partition coefficient (Wildman–Crippen LogP) is 4.64. The zero-order valence-electron chi connectivity index (χ0n) is 17.2. The van der Waals surface area contributed by atoms with Crippen molar-refractivity contribution in [2.24, 2.45) is 5.10 Å². The van der Waals surface area contributed by atoms with Gasteiger partial charge in [0.05, 0.1) is 6.21 Å². The fourth-order valence-corrected chi connectivity index (χ4v) is 3.28. The molecule has 0 saturated carbocycles. The maximum atomic E-state index is 12.4. The fraction of sp³-hybridized carbons (Fsp3) is 0.250. The van der Waals surface area contributed by atoms with E-state index < -0.39 is 6.04 Å². The molecule has 1 atom stereocenters. The molecule has 3 aromatic rings. The first-order valence-corrected chi connectivity index (χ1v) is 10.0. The third-order valence-corrected chi connectivity index (χ3v) is 4.96. The maximum Gasteiger partial charge on any atom is 0.262 e. The molecule has 0 heterocycles. The molecule has 3 aromatic carbocycles. The summed E-state index contributed by atoms with van der Waals surface area (Å²) in [6.45, 7) is 8.05. The molecule has 1 amide bonds. The van der Waals surface area contributed by atoms with Crippen molar-refractivity contribution in [2.75, 3.05) is 23.3 Å². The van der Waals surface area contributed by atoms with Crippen molar-refractivity contribution in [3.63, 3.8) is 0 Å². The van der Waals surface area contributed by atoms with Gasteiger partial charge in [-0.25, -0.2) is 5.43 Å². The van der Waals surface area contributed by atoms with Crippen LogP contribution < -0.4 is 15.6 Å². The van der Waals surface area contributed by atoms with E-state index in [1.165, 1.54) is 5.69 Å². The van der Waals surface area contributed by atoms with Gasteiger partial charge in [0.25, 0.3) is 5.91 Å². The summed E-state index contributed by atoms with van der Waals surface area (Å²) in [5.74, 6) is -0.186. The summed E-state index contributed by atoms with van der Waals surface area (Å²) < 4.78 is 0. The van der Waals surface area contributed by atoms with Crippen LogP contribution in [0.3, 0.4) is 0 Å². The topological polar surface area (TPSA) is 56.7 Å². The van der Waals surface area contributed by atoms with Gasteiger partial charge >= 0.3 is 0 Å². The van der Waals surface area contributed by atoms with Crippen LogP contribution >= 0.6 is 0 Å². The summed E-state index contributed by atoms with van der Waals surface area (Å²) in [6.07, 6.45) is 1.66. The highest BCUT2D eigenvalue weighted by molar-refractivity contribution is 5.96. The summed E-state index contributed by atoms with van der Waals surface area (Å²) in [4.78, 5) is 14.7. The van der Waals surface area contributed by atoms with Gasteiger partial charge in [0.1, 0.15) is 6.04 Å². The van der Waals surface area contributed by atoms with Crippen molar-refractivity contribution >= 4 is 34.3 Å². The van der Waals surface area contributed by atoms with Crippen molar-refractivity contribution < 1.29 is 4.79 Å². The van der Waals surface area contributed by atoms with Gasteiger partial charge in [0, 0.05) is 29.9 Å². The van der Waals surface area contributed by atoms with Crippen molar-refractivity contribution in [3.8, 4) is 0 Å². The summed E-state index contributed by atoms with van der Waals surface area (Å²) in [5.41, 5.74) is 5.67. The Morgan fingerprint density at radius 2 is 1.69 bits per heavy atom. The first kappa shape index (κ1) is 20.4. The molecule has 5 heteroatoms. The first-order chi connectivity index (χ1) is 14.1. The molecule has 150 valence electrons. The van der Waals surface area contributed by atoms with E-state index in [1.807, 2.05) is 49.4 Å². The van der Waals surface area contributed by atoms with E-state index in [0.717, 1.165) is 35.1 Å². The van der Waals surface area contributed by atoms with Crippen molar-refractivity contribution in [3.05, 3.63) is 72.3 Å². The Labute approximate surface area is 172 Å². The Morgan fingerprint density at radius 1 is 1.00 bits per heavy atom. The fourth-order valence-electron chi connectivity index (χ4n) is 3.28. The summed E-state index contributed by atoms with van der Waals surface area (Å²) in [7, 11) is 0. The molecule has 0 aromatic heterocycles. The van der Waals surface area contributed by atoms with Crippen LogP contribution in [-0.2, 0) is 4.79 Å². The average Bonchev–Trinajstić information content (AvgIpc) is 2.76. The average molecular weight is 389 g/mol. The molecule has 0 spiro atoms. The Bertz CT molecular complexity index is 972. The lowest BCUT2D eigenvalue weighted by molar-refractivity contribution is -0.121. The summed E-state index contributed by atoms with van der Waals surface area (Å²) in [6, 6.07) is 21.8. The molecule has 0 radical (unpaired) electrons. The number of hydrazone groups is 1. The van der Waals surface area contributed by atoms with Gasteiger partial charge in [-0.3, -0.25) is 4.79 Å². The number of carbonyl (C=O) groups excluding carboxylic acids is 1. The molecule has 0 aliphatic heterocycles. The molecule has 0 bridgehead atoms. The van der Waals surface area contributed by atoms with E-state index in [1.54, 1.807) is 6.21 Å². The second-order valence-corrected chi connectivity index (χ2v) is 6.89. The van der Waals surface area contributed by atoms with Crippen LogP contribution in [0.2, 0.25) is 0 Å². The highest BCUT2D eigenvalue weighted by Crippen LogP contribution is 2.23. The molecule has 0 aliphatic rings. The lowest BCUT2D eigenvalue weighted by atomic mass is 10.1. The highest BCUT2D eigenvalue weighted by atomic mass is 16.2. The number of nitrogens with zero attached hydrogens (tertiary/aromatic N) is 2. The van der Waals surface area contributed by atoms with E-state index in [9.17, 15) is 4.79 Å². The van der Waals surface area contributed by atoms with Gasteiger partial charge in [0.15, 0.2) is 0 Å². The van der Waals surface area contributed by atoms with Crippen molar-refractivity contribution in [1.29, 1.82) is 0 Å². The maximum absolute atomic E-state index is 12.4. The number of hydrogen-bond acceptors (Lipinski definition) is 4. The van der Waals surface area contributed by atoms with Gasteiger partial charge in [-0.15, -0.1) is 0 Å². The lowest BCUT2D eigenvalue weighted by Gasteiger charge is -2.20. The molecular formula is C24H28N4O. The molecule has 5 nitrogen and oxygen atoms in total. The minimum atomic E-state index is -0.414. The Morgan fingerprint density at radius 3 is 2.41 bits per heavy atom. The number of benzene rings is 3. The molecule has 1 unspecified atom stereocenters. The van der Waals surface area contributed by atoms with E-state index in [-0.39, 0.29) is 5.91 Å². The van der Waals surface area contributed by atoms with Crippen molar-refractivity contribution in [2.45, 2.75) is 26.8 Å². The third-order valence-electron chi connectivity index (χ3n) is 4.96. The quantitative estimate of drug-likeness (QED) is 0.437. The number of rotatable bonds is 8. The monoisotopic (exact) mass is 388 g/mol. The SMILES string of the molecule is CCN(CC)c1ccc(C=NNC(=O)C(C)Nc2cccc3ccccc23)cc1. The van der Waals surface area contributed by atoms with E-state index >= 15 is 0 Å². The Kier molecular flexibility index (Phi) is 6.85. The number of nitrogens with one attached hydrogen (secondary N) is 2. The summed E-state index contributed by atoms with van der Waals surface area (Å²) >= 11 is 0. The smallest absolute Gasteiger partial charge is 0.262 e. The minimum Gasteiger partial charge on any atom is -0.373 e. The first-order valence-electron chi connectivity index (χ1n) is 10.0. The van der Waals surface area contributed by atoms with Gasteiger partial charge in [-0.1, -0.05) is 48.5 Å². The largest absolute Gasteiger partial charge is 0.373 e. The van der Waals surface area contributed by atoms with Crippen LogP contribution in [0.25, 0.3) is 10.8 Å². The van der Waals surface area contributed by atoms with Crippen LogP contribution in [0.1, 0.15) is 26.3 Å². The molecule has 2 N–H and O–H groups in total. The van der Waals surface area contributed by atoms with Gasteiger partial charge in [-0.2, -0.15) is 5.10 Å². The van der Waals surface area contributed by atoms with Gasteiger partial charge in [0.2, 0.25) is 0 Å². The molecule has 3 rings (SSSR count). The van der Waals surface area contributed by atoms with Crippen LogP contribution in [-0.4, -0.2) is 31.3 Å². The van der Waals surface area contributed by atoms with Gasteiger partial charge in [-0.05, 0) is 49.9 Å². The zero-order chi connectivity index (χ0) is 20.6. The standard InChI is InChI=1S/C24H28N4O/c1-4-28(5-2)21-15-13-19(14-16-21)17-25-27-24(29)18(3)26-23-12-8-10-20-9-6-7-11-22(20)23/h6-18,26H,4-5H2,1-3H3,(H,27,29). The second-order valence-electron chi connectivity index (χ2n) is 6.89. The van der Waals surface area contributed by atoms with E-state index in [4.69, 9.17) is 0 Å². The van der Waals surface area contributed by atoms with Crippen LogP contribution in [0.5, 0.6) is 0 Å². The number of anilines is 2. The number of amides is 1. The Balaban J connectivity index is 1.58. The van der Waals surface area contributed by atoms with E-state index in [0.29, 0.717) is 0 Å². The van der Waals surface area contributed by atoms with Crippen molar-refractivity contribution in [1.82, 2.24) is 5.43 Å². The summed E-state index contributed by atoms with van der Waals surface area (Å²) in [5, 5.41) is 9.60. The minimum absolute atomic E-state index is 0.186.